The Morgan fingerprint density at radius 1 is 1.00 bits per heavy atom. The van der Waals surface area contributed by atoms with Gasteiger partial charge in [0.05, 0.1) is 15.9 Å². The van der Waals surface area contributed by atoms with Crippen molar-refractivity contribution in [3.05, 3.63) is 64.2 Å². The monoisotopic (exact) mass is 267 g/mol. The Bertz CT molecular complexity index is 797. The summed E-state index contributed by atoms with van der Waals surface area (Å²) in [4.78, 5) is 21.8. The highest BCUT2D eigenvalue weighted by Gasteiger charge is 2.14. The molecule has 0 bridgehead atoms. The summed E-state index contributed by atoms with van der Waals surface area (Å²) < 4.78 is 0. The van der Waals surface area contributed by atoms with Crippen LogP contribution in [0.2, 0.25) is 0 Å². The van der Waals surface area contributed by atoms with Crippen LogP contribution in [0, 0.1) is 10.1 Å². The van der Waals surface area contributed by atoms with Gasteiger partial charge in [-0.1, -0.05) is 24.3 Å². The van der Waals surface area contributed by atoms with Crippen LogP contribution in [0.25, 0.3) is 21.5 Å². The van der Waals surface area contributed by atoms with Crippen LogP contribution < -0.4 is 0 Å². The lowest BCUT2D eigenvalue weighted by Crippen LogP contribution is -1.97. The number of carbonyl (C=O) groups is 1. The first kappa shape index (κ1) is 12.1. The molecule has 0 spiro atoms. The van der Waals surface area contributed by atoms with Crippen LogP contribution in [-0.2, 0) is 0 Å². The average molecular weight is 267 g/mol. The van der Waals surface area contributed by atoms with E-state index in [1.165, 1.54) is 12.1 Å². The zero-order valence-corrected chi connectivity index (χ0v) is 10.2. The largest absolute Gasteiger partial charge is 0.478 e. The lowest BCUT2D eigenvalue weighted by atomic mass is 9.99. The normalized spacial score (nSPS) is 10.8. The van der Waals surface area contributed by atoms with Crippen LogP contribution in [-0.4, -0.2) is 16.0 Å². The number of hydrogen-bond acceptors (Lipinski definition) is 3. The Morgan fingerprint density at radius 3 is 2.25 bits per heavy atom. The van der Waals surface area contributed by atoms with Crippen molar-refractivity contribution in [2.75, 3.05) is 0 Å². The lowest BCUT2D eigenvalue weighted by molar-refractivity contribution is -0.383. The quantitative estimate of drug-likeness (QED) is 0.437. The topological polar surface area (TPSA) is 80.4 Å². The molecule has 0 saturated heterocycles. The lowest BCUT2D eigenvalue weighted by Gasteiger charge is -2.05. The number of hydrogen-bond donors (Lipinski definition) is 1. The molecule has 98 valence electrons. The summed E-state index contributed by atoms with van der Waals surface area (Å²) in [5, 5.41) is 22.6. The zero-order valence-electron chi connectivity index (χ0n) is 10.2. The Balaban J connectivity index is 2.46. The first-order chi connectivity index (χ1) is 9.58. The van der Waals surface area contributed by atoms with Crippen LogP contribution in [0.5, 0.6) is 0 Å². The van der Waals surface area contributed by atoms with E-state index in [4.69, 9.17) is 0 Å². The highest BCUT2D eigenvalue weighted by molar-refractivity contribution is 6.09. The standard InChI is InChI=1S/C15H9NO4/c17-15(18)11-5-1-3-9-8-13-10(7-12(9)11)4-2-6-14(13)16(19)20/h1-8H,(H,17,18). The van der Waals surface area contributed by atoms with Gasteiger partial charge in [-0.15, -0.1) is 0 Å². The minimum Gasteiger partial charge on any atom is -0.478 e. The fourth-order valence-corrected chi connectivity index (χ4v) is 2.38. The fourth-order valence-electron chi connectivity index (χ4n) is 2.38. The molecule has 0 saturated carbocycles. The van der Waals surface area contributed by atoms with E-state index in [-0.39, 0.29) is 11.3 Å². The Kier molecular flexibility index (Phi) is 2.61. The van der Waals surface area contributed by atoms with Gasteiger partial charge in [-0.2, -0.15) is 0 Å². The van der Waals surface area contributed by atoms with Gasteiger partial charge in [0.1, 0.15) is 0 Å². The molecule has 0 aliphatic rings. The number of non-ortho nitro benzene ring substituents is 1. The van der Waals surface area contributed by atoms with Gasteiger partial charge in [-0.3, -0.25) is 10.1 Å². The number of carboxylic acid groups (broad SMARTS) is 1. The van der Waals surface area contributed by atoms with Gasteiger partial charge < -0.3 is 5.11 Å². The number of aromatic carboxylic acids is 1. The summed E-state index contributed by atoms with van der Waals surface area (Å²) >= 11 is 0. The predicted octanol–water partition coefficient (Wildman–Crippen LogP) is 3.60. The first-order valence-electron chi connectivity index (χ1n) is 5.91. The van der Waals surface area contributed by atoms with E-state index >= 15 is 0 Å². The maximum atomic E-state index is 11.2. The molecule has 0 unspecified atom stereocenters. The molecule has 0 aliphatic heterocycles. The van der Waals surface area contributed by atoms with E-state index in [0.29, 0.717) is 21.5 Å². The van der Waals surface area contributed by atoms with E-state index in [0.717, 1.165) is 0 Å². The number of benzene rings is 3. The van der Waals surface area contributed by atoms with Crippen LogP contribution in [0.1, 0.15) is 10.4 Å². The number of nitro benzene ring substituents is 1. The minimum absolute atomic E-state index is 0.0186. The van der Waals surface area contributed by atoms with Crippen LogP contribution in [0.4, 0.5) is 5.69 Å². The molecular formula is C15H9NO4. The third kappa shape index (κ3) is 1.76. The summed E-state index contributed by atoms with van der Waals surface area (Å²) in [6.45, 7) is 0. The van der Waals surface area contributed by atoms with Crippen molar-refractivity contribution in [1.82, 2.24) is 0 Å². The van der Waals surface area contributed by atoms with Crippen molar-refractivity contribution in [2.24, 2.45) is 0 Å². The average Bonchev–Trinajstić information content (AvgIpc) is 2.43. The van der Waals surface area contributed by atoms with E-state index in [9.17, 15) is 20.0 Å². The van der Waals surface area contributed by atoms with Crippen molar-refractivity contribution in [1.29, 1.82) is 0 Å². The third-order valence-electron chi connectivity index (χ3n) is 3.28. The Hall–Kier alpha value is -2.95. The predicted molar refractivity (Wildman–Crippen MR) is 75.1 cm³/mol. The highest BCUT2D eigenvalue weighted by atomic mass is 16.6. The van der Waals surface area contributed by atoms with Crippen LogP contribution in [0.15, 0.2) is 48.5 Å². The maximum absolute atomic E-state index is 11.2. The second-order valence-corrected chi connectivity index (χ2v) is 4.44. The van der Waals surface area contributed by atoms with Crippen molar-refractivity contribution >= 4 is 33.2 Å². The Morgan fingerprint density at radius 2 is 1.60 bits per heavy atom. The van der Waals surface area contributed by atoms with E-state index in [2.05, 4.69) is 0 Å². The van der Waals surface area contributed by atoms with Gasteiger partial charge in [0.2, 0.25) is 0 Å². The van der Waals surface area contributed by atoms with Gasteiger partial charge in [0, 0.05) is 6.07 Å². The SMILES string of the molecule is O=C(O)c1cccc2cc3c([N+](=O)[O-])cccc3cc12. The number of nitrogens with zero attached hydrogens (tertiary/aromatic N) is 1. The van der Waals surface area contributed by atoms with E-state index < -0.39 is 10.9 Å². The van der Waals surface area contributed by atoms with Gasteiger partial charge in [-0.25, -0.2) is 4.79 Å². The second kappa shape index (κ2) is 4.31. The molecule has 0 aromatic heterocycles. The van der Waals surface area contributed by atoms with Crippen molar-refractivity contribution in [3.8, 4) is 0 Å². The fraction of sp³-hybridized carbons (Fsp3) is 0. The first-order valence-corrected chi connectivity index (χ1v) is 5.91. The molecule has 0 aliphatic carbocycles. The zero-order chi connectivity index (χ0) is 14.3. The summed E-state index contributed by atoms with van der Waals surface area (Å²) in [7, 11) is 0. The van der Waals surface area contributed by atoms with E-state index in [1.807, 2.05) is 0 Å². The van der Waals surface area contributed by atoms with Gasteiger partial charge in [0.25, 0.3) is 5.69 Å². The van der Waals surface area contributed by atoms with Gasteiger partial charge in [0.15, 0.2) is 0 Å². The molecule has 0 atom stereocenters. The molecule has 20 heavy (non-hydrogen) atoms. The molecule has 5 heteroatoms. The molecule has 1 N–H and O–H groups in total. The van der Waals surface area contributed by atoms with Gasteiger partial charge in [-0.05, 0) is 34.4 Å². The Labute approximate surface area is 113 Å². The molecule has 0 heterocycles. The summed E-state index contributed by atoms with van der Waals surface area (Å²) in [5.41, 5.74) is 0.209. The van der Waals surface area contributed by atoms with E-state index in [1.54, 1.807) is 36.4 Å². The molecule has 3 aromatic rings. The molecule has 3 aromatic carbocycles. The second-order valence-electron chi connectivity index (χ2n) is 4.44. The smallest absolute Gasteiger partial charge is 0.336 e. The summed E-state index contributed by atoms with van der Waals surface area (Å²) in [5.74, 6) is -1.01. The summed E-state index contributed by atoms with van der Waals surface area (Å²) in [6.07, 6.45) is 0. The minimum atomic E-state index is -1.01. The molecule has 0 fully saturated rings. The number of carboxylic acids is 1. The number of nitro groups is 1. The van der Waals surface area contributed by atoms with Crippen molar-refractivity contribution in [2.45, 2.75) is 0 Å². The molecule has 3 rings (SSSR count). The molecule has 0 amide bonds. The van der Waals surface area contributed by atoms with Crippen LogP contribution >= 0.6 is 0 Å². The van der Waals surface area contributed by atoms with Gasteiger partial charge >= 0.3 is 5.97 Å². The third-order valence-corrected chi connectivity index (χ3v) is 3.28. The molecular weight excluding hydrogens is 258 g/mol. The van der Waals surface area contributed by atoms with Crippen molar-refractivity contribution < 1.29 is 14.8 Å². The number of fused-ring (bicyclic) bond motifs is 2. The molecule has 0 radical (unpaired) electrons. The maximum Gasteiger partial charge on any atom is 0.336 e. The van der Waals surface area contributed by atoms with Crippen molar-refractivity contribution in [3.63, 3.8) is 0 Å². The highest BCUT2D eigenvalue weighted by Crippen LogP contribution is 2.31. The van der Waals surface area contributed by atoms with Crippen LogP contribution in [0.3, 0.4) is 0 Å². The summed E-state index contributed by atoms with van der Waals surface area (Å²) in [6, 6.07) is 13.0. The number of rotatable bonds is 2. The molecule has 5 nitrogen and oxygen atoms in total.